The zero-order chi connectivity index (χ0) is 13.2. The molecule has 6 heteroatoms. The summed E-state index contributed by atoms with van der Waals surface area (Å²) < 4.78 is 0. The molecule has 0 aliphatic rings. The normalized spacial score (nSPS) is 14.4. The molecular weight excluding hydrogens is 220 g/mol. The third-order valence-electron chi connectivity index (χ3n) is 3.11. The molecule has 0 fully saturated rings. The Hall–Kier alpha value is -1.85. The number of nitrogens with two attached hydrogens (primary N) is 1. The molecule has 4 N–H and O–H groups in total. The summed E-state index contributed by atoms with van der Waals surface area (Å²) in [5.74, 6) is -1.01. The van der Waals surface area contributed by atoms with E-state index >= 15 is 0 Å². The van der Waals surface area contributed by atoms with Crippen molar-refractivity contribution < 1.29 is 9.59 Å². The van der Waals surface area contributed by atoms with E-state index in [0.29, 0.717) is 11.3 Å². The number of aryl methyl sites for hydroxylation is 1. The Balaban J connectivity index is 2.94. The van der Waals surface area contributed by atoms with Gasteiger partial charge < -0.3 is 11.1 Å². The van der Waals surface area contributed by atoms with Gasteiger partial charge in [-0.15, -0.1) is 0 Å². The molecule has 17 heavy (non-hydrogen) atoms. The highest BCUT2D eigenvalue weighted by molar-refractivity contribution is 5.99. The molecule has 1 unspecified atom stereocenters. The number of nitrogens with zero attached hydrogens (tertiary/aromatic N) is 1. The second-order valence-corrected chi connectivity index (χ2v) is 4.58. The van der Waals surface area contributed by atoms with E-state index in [-0.39, 0.29) is 11.8 Å². The SMILES string of the molecule is Cc1[nH]ncc1C(=O)NC(C)(C(N)=O)C(C)C. The maximum atomic E-state index is 12.0. The first-order valence-corrected chi connectivity index (χ1v) is 5.41. The van der Waals surface area contributed by atoms with Crippen molar-refractivity contribution in [3.63, 3.8) is 0 Å². The number of rotatable bonds is 4. The monoisotopic (exact) mass is 238 g/mol. The van der Waals surface area contributed by atoms with E-state index < -0.39 is 11.4 Å². The number of carbonyl (C=O) groups is 2. The van der Waals surface area contributed by atoms with Crippen molar-refractivity contribution in [1.29, 1.82) is 0 Å². The Bertz CT molecular complexity index is 438. The van der Waals surface area contributed by atoms with Crippen molar-refractivity contribution >= 4 is 11.8 Å². The molecule has 0 radical (unpaired) electrons. The number of amides is 2. The lowest BCUT2D eigenvalue weighted by atomic mass is 9.87. The molecule has 0 saturated heterocycles. The molecule has 0 saturated carbocycles. The quantitative estimate of drug-likeness (QED) is 0.705. The van der Waals surface area contributed by atoms with E-state index in [1.807, 2.05) is 13.8 Å². The van der Waals surface area contributed by atoms with Crippen LogP contribution in [-0.4, -0.2) is 27.6 Å². The van der Waals surface area contributed by atoms with Crippen molar-refractivity contribution in [2.24, 2.45) is 11.7 Å². The third kappa shape index (κ3) is 2.46. The Morgan fingerprint density at radius 3 is 2.47 bits per heavy atom. The molecule has 0 aliphatic carbocycles. The Labute approximate surface area is 100.0 Å². The van der Waals surface area contributed by atoms with Gasteiger partial charge in [0.15, 0.2) is 0 Å². The molecule has 0 spiro atoms. The zero-order valence-electron chi connectivity index (χ0n) is 10.5. The number of H-pyrrole nitrogens is 1. The Kier molecular flexibility index (Phi) is 3.55. The minimum absolute atomic E-state index is 0.101. The summed E-state index contributed by atoms with van der Waals surface area (Å²) in [6.07, 6.45) is 1.42. The average Bonchev–Trinajstić information content (AvgIpc) is 2.63. The predicted molar refractivity (Wildman–Crippen MR) is 63.2 cm³/mol. The van der Waals surface area contributed by atoms with Gasteiger partial charge in [-0.25, -0.2) is 0 Å². The average molecular weight is 238 g/mol. The molecule has 1 heterocycles. The van der Waals surface area contributed by atoms with Crippen LogP contribution in [0.5, 0.6) is 0 Å². The van der Waals surface area contributed by atoms with Crippen LogP contribution >= 0.6 is 0 Å². The lowest BCUT2D eigenvalue weighted by Crippen LogP contribution is -2.58. The first-order chi connectivity index (χ1) is 7.79. The van der Waals surface area contributed by atoms with Crippen LogP contribution in [0, 0.1) is 12.8 Å². The zero-order valence-corrected chi connectivity index (χ0v) is 10.5. The van der Waals surface area contributed by atoms with E-state index in [2.05, 4.69) is 15.5 Å². The third-order valence-corrected chi connectivity index (χ3v) is 3.11. The summed E-state index contributed by atoms with van der Waals surface area (Å²) in [5.41, 5.74) is 5.33. The molecule has 0 aliphatic heterocycles. The van der Waals surface area contributed by atoms with E-state index in [9.17, 15) is 9.59 Å². The summed E-state index contributed by atoms with van der Waals surface area (Å²) in [6, 6.07) is 0. The van der Waals surface area contributed by atoms with Crippen LogP contribution in [-0.2, 0) is 4.79 Å². The van der Waals surface area contributed by atoms with Gasteiger partial charge in [-0.2, -0.15) is 5.10 Å². The predicted octanol–water partition coefficient (Wildman–Crippen LogP) is 0.348. The van der Waals surface area contributed by atoms with E-state index in [1.165, 1.54) is 6.20 Å². The van der Waals surface area contributed by atoms with Crippen molar-refractivity contribution in [1.82, 2.24) is 15.5 Å². The van der Waals surface area contributed by atoms with Gasteiger partial charge in [0.2, 0.25) is 5.91 Å². The Morgan fingerprint density at radius 1 is 1.53 bits per heavy atom. The summed E-state index contributed by atoms with van der Waals surface area (Å²) in [5, 5.41) is 9.09. The maximum Gasteiger partial charge on any atom is 0.255 e. The number of primary amides is 1. The fourth-order valence-electron chi connectivity index (χ4n) is 1.37. The molecular formula is C11H18N4O2. The van der Waals surface area contributed by atoms with Gasteiger partial charge in [-0.3, -0.25) is 14.7 Å². The summed E-state index contributed by atoms with van der Waals surface area (Å²) in [7, 11) is 0. The van der Waals surface area contributed by atoms with Gasteiger partial charge in [0.05, 0.1) is 11.8 Å². The fraction of sp³-hybridized carbons (Fsp3) is 0.545. The highest BCUT2D eigenvalue weighted by Gasteiger charge is 2.36. The molecule has 94 valence electrons. The molecule has 0 bridgehead atoms. The second-order valence-electron chi connectivity index (χ2n) is 4.58. The largest absolute Gasteiger partial charge is 0.368 e. The summed E-state index contributed by atoms with van der Waals surface area (Å²) in [6.45, 7) is 7.01. The number of aromatic nitrogens is 2. The van der Waals surface area contributed by atoms with Crippen LogP contribution in [0.3, 0.4) is 0 Å². The topological polar surface area (TPSA) is 101 Å². The molecule has 1 atom stereocenters. The molecule has 6 nitrogen and oxygen atoms in total. The Morgan fingerprint density at radius 2 is 2.12 bits per heavy atom. The molecule has 1 rings (SSSR count). The van der Waals surface area contributed by atoms with E-state index in [1.54, 1.807) is 13.8 Å². The van der Waals surface area contributed by atoms with Crippen LogP contribution in [0.1, 0.15) is 36.8 Å². The molecule has 1 aromatic rings. The number of nitrogens with one attached hydrogen (secondary N) is 2. The van der Waals surface area contributed by atoms with Gasteiger partial charge in [-0.1, -0.05) is 13.8 Å². The van der Waals surface area contributed by atoms with E-state index in [0.717, 1.165) is 0 Å². The second kappa shape index (κ2) is 4.57. The summed E-state index contributed by atoms with van der Waals surface area (Å²) >= 11 is 0. The van der Waals surface area contributed by atoms with Gasteiger partial charge in [-0.05, 0) is 19.8 Å². The first-order valence-electron chi connectivity index (χ1n) is 5.41. The number of hydrogen-bond donors (Lipinski definition) is 3. The maximum absolute atomic E-state index is 12.0. The standard InChI is InChI=1S/C11H18N4O2/c1-6(2)11(4,10(12)17)14-9(16)8-5-13-15-7(8)3/h5-6H,1-4H3,(H2,12,17)(H,13,15)(H,14,16). The van der Waals surface area contributed by atoms with Crippen LogP contribution < -0.4 is 11.1 Å². The number of hydrogen-bond acceptors (Lipinski definition) is 3. The van der Waals surface area contributed by atoms with Gasteiger partial charge >= 0.3 is 0 Å². The number of carbonyl (C=O) groups excluding carboxylic acids is 2. The van der Waals surface area contributed by atoms with Gasteiger partial charge in [0.1, 0.15) is 5.54 Å². The minimum atomic E-state index is -1.07. The first kappa shape index (κ1) is 13.2. The van der Waals surface area contributed by atoms with Crippen molar-refractivity contribution in [2.45, 2.75) is 33.2 Å². The van der Waals surface area contributed by atoms with Crippen molar-refractivity contribution in [3.8, 4) is 0 Å². The van der Waals surface area contributed by atoms with Crippen LogP contribution in [0.4, 0.5) is 0 Å². The molecule has 2 amide bonds. The van der Waals surface area contributed by atoms with E-state index in [4.69, 9.17) is 5.73 Å². The lowest BCUT2D eigenvalue weighted by molar-refractivity contribution is -0.125. The fourth-order valence-corrected chi connectivity index (χ4v) is 1.37. The van der Waals surface area contributed by atoms with Gasteiger partial charge in [0.25, 0.3) is 5.91 Å². The van der Waals surface area contributed by atoms with Crippen LogP contribution in [0.15, 0.2) is 6.20 Å². The molecule has 1 aromatic heterocycles. The van der Waals surface area contributed by atoms with Crippen molar-refractivity contribution in [2.75, 3.05) is 0 Å². The van der Waals surface area contributed by atoms with Crippen LogP contribution in [0.2, 0.25) is 0 Å². The minimum Gasteiger partial charge on any atom is -0.368 e. The smallest absolute Gasteiger partial charge is 0.255 e. The van der Waals surface area contributed by atoms with Gasteiger partial charge in [0, 0.05) is 5.69 Å². The van der Waals surface area contributed by atoms with Crippen molar-refractivity contribution in [3.05, 3.63) is 17.5 Å². The highest BCUT2D eigenvalue weighted by Crippen LogP contribution is 2.17. The lowest BCUT2D eigenvalue weighted by Gasteiger charge is -2.31. The highest BCUT2D eigenvalue weighted by atomic mass is 16.2. The summed E-state index contributed by atoms with van der Waals surface area (Å²) in [4.78, 5) is 23.4. The number of aromatic amines is 1. The van der Waals surface area contributed by atoms with Crippen LogP contribution in [0.25, 0.3) is 0 Å². The molecule has 0 aromatic carbocycles.